The monoisotopic (exact) mass is 497 g/mol. The highest BCUT2D eigenvalue weighted by Crippen LogP contribution is 2.39. The first-order valence-corrected chi connectivity index (χ1v) is 13.4. The van der Waals surface area contributed by atoms with Crippen molar-refractivity contribution >= 4 is 38.2 Å². The van der Waals surface area contributed by atoms with Crippen molar-refractivity contribution in [3.63, 3.8) is 0 Å². The van der Waals surface area contributed by atoms with Crippen molar-refractivity contribution in [1.29, 1.82) is 0 Å². The molecule has 3 N–H and O–H groups in total. The van der Waals surface area contributed by atoms with E-state index in [-0.39, 0.29) is 17.5 Å². The standard InChI is InChI=1S/C25H27N3O4S2/c1-16(2)28(15-17-7-4-3-5-8-17)34(31,32)19-13-11-18(12-14-19)24(30)27-25-22(23(26)29)20-9-6-10-21(20)33-25/h3-5,7-8,11-14,16H,6,9-10,15H2,1-2H3,(H2,26,29)(H,27,30). The number of amides is 2. The summed E-state index contributed by atoms with van der Waals surface area (Å²) in [6.45, 7) is 3.91. The zero-order valence-electron chi connectivity index (χ0n) is 19.1. The Bertz CT molecular complexity index is 1310. The van der Waals surface area contributed by atoms with Gasteiger partial charge in [-0.1, -0.05) is 30.3 Å². The fraction of sp³-hybridized carbons (Fsp3) is 0.280. The molecular formula is C25H27N3O4S2. The van der Waals surface area contributed by atoms with Crippen molar-refractivity contribution in [2.75, 3.05) is 5.32 Å². The number of carbonyl (C=O) groups is 2. The van der Waals surface area contributed by atoms with Crippen LogP contribution in [-0.2, 0) is 29.4 Å². The van der Waals surface area contributed by atoms with Gasteiger partial charge in [0.05, 0.1) is 10.5 Å². The minimum absolute atomic E-state index is 0.113. The van der Waals surface area contributed by atoms with Crippen LogP contribution >= 0.6 is 11.3 Å². The summed E-state index contributed by atoms with van der Waals surface area (Å²) < 4.78 is 28.1. The highest BCUT2D eigenvalue weighted by molar-refractivity contribution is 7.89. The van der Waals surface area contributed by atoms with Gasteiger partial charge >= 0.3 is 0 Å². The van der Waals surface area contributed by atoms with Crippen molar-refractivity contribution in [3.8, 4) is 0 Å². The van der Waals surface area contributed by atoms with Gasteiger partial charge in [-0.3, -0.25) is 9.59 Å². The van der Waals surface area contributed by atoms with Gasteiger partial charge in [0, 0.05) is 23.0 Å². The van der Waals surface area contributed by atoms with Crippen LogP contribution in [0, 0.1) is 0 Å². The number of nitrogens with two attached hydrogens (primary N) is 1. The highest BCUT2D eigenvalue weighted by Gasteiger charge is 2.28. The first-order chi connectivity index (χ1) is 16.2. The Balaban J connectivity index is 1.54. The Kier molecular flexibility index (Phi) is 6.88. The molecule has 0 unspecified atom stereocenters. The molecule has 0 bridgehead atoms. The average molecular weight is 498 g/mol. The van der Waals surface area contributed by atoms with Crippen LogP contribution < -0.4 is 11.1 Å². The summed E-state index contributed by atoms with van der Waals surface area (Å²) in [5.41, 5.74) is 8.07. The molecule has 178 valence electrons. The smallest absolute Gasteiger partial charge is 0.256 e. The third-order valence-electron chi connectivity index (χ3n) is 5.88. The van der Waals surface area contributed by atoms with Crippen molar-refractivity contribution in [1.82, 2.24) is 4.31 Å². The van der Waals surface area contributed by atoms with Gasteiger partial charge in [0.15, 0.2) is 0 Å². The van der Waals surface area contributed by atoms with E-state index in [9.17, 15) is 18.0 Å². The van der Waals surface area contributed by atoms with Crippen LogP contribution in [0.15, 0.2) is 59.5 Å². The molecule has 0 aliphatic heterocycles. The number of hydrogen-bond donors (Lipinski definition) is 2. The second-order valence-electron chi connectivity index (χ2n) is 8.53. The first-order valence-electron chi connectivity index (χ1n) is 11.1. The number of thiophene rings is 1. The number of aryl methyl sites for hydroxylation is 1. The molecule has 2 aromatic carbocycles. The van der Waals surface area contributed by atoms with Crippen LogP contribution in [0.2, 0.25) is 0 Å². The maximum Gasteiger partial charge on any atom is 0.256 e. The minimum Gasteiger partial charge on any atom is -0.365 e. The third kappa shape index (κ3) is 4.77. The summed E-state index contributed by atoms with van der Waals surface area (Å²) in [5, 5.41) is 3.24. The summed E-state index contributed by atoms with van der Waals surface area (Å²) in [4.78, 5) is 26.0. The first kappa shape index (κ1) is 24.1. The Morgan fingerprint density at radius 3 is 2.35 bits per heavy atom. The van der Waals surface area contributed by atoms with Crippen molar-refractivity contribution in [3.05, 3.63) is 81.7 Å². The summed E-state index contributed by atoms with van der Waals surface area (Å²) in [7, 11) is -3.77. The van der Waals surface area contributed by atoms with E-state index in [4.69, 9.17) is 5.73 Å². The van der Waals surface area contributed by atoms with E-state index in [0.717, 1.165) is 35.3 Å². The number of primary amides is 1. The van der Waals surface area contributed by atoms with E-state index in [1.165, 1.54) is 39.9 Å². The Hall–Kier alpha value is -3.01. The van der Waals surface area contributed by atoms with Crippen LogP contribution in [0.3, 0.4) is 0 Å². The predicted molar refractivity (Wildman–Crippen MR) is 134 cm³/mol. The van der Waals surface area contributed by atoms with Crippen LogP contribution in [0.4, 0.5) is 5.00 Å². The van der Waals surface area contributed by atoms with E-state index >= 15 is 0 Å². The number of rotatable bonds is 8. The molecule has 0 spiro atoms. The van der Waals surface area contributed by atoms with Gasteiger partial charge in [-0.15, -0.1) is 11.3 Å². The van der Waals surface area contributed by atoms with Crippen LogP contribution in [-0.4, -0.2) is 30.6 Å². The number of hydrogen-bond acceptors (Lipinski definition) is 5. The van der Waals surface area contributed by atoms with E-state index in [2.05, 4.69) is 5.32 Å². The molecular weight excluding hydrogens is 470 g/mol. The Morgan fingerprint density at radius 2 is 1.74 bits per heavy atom. The lowest BCUT2D eigenvalue weighted by atomic mass is 10.1. The summed E-state index contributed by atoms with van der Waals surface area (Å²) in [5.74, 6) is -0.972. The predicted octanol–water partition coefficient (Wildman–Crippen LogP) is 4.19. The van der Waals surface area contributed by atoms with Crippen molar-refractivity contribution in [2.24, 2.45) is 5.73 Å². The third-order valence-corrected chi connectivity index (χ3v) is 9.12. The number of anilines is 1. The van der Waals surface area contributed by atoms with Gasteiger partial charge in [-0.2, -0.15) is 4.31 Å². The number of nitrogens with zero attached hydrogens (tertiary/aromatic N) is 1. The van der Waals surface area contributed by atoms with E-state index in [1.54, 1.807) is 0 Å². The summed E-state index contributed by atoms with van der Waals surface area (Å²) >= 11 is 1.38. The zero-order chi connectivity index (χ0) is 24.5. The van der Waals surface area contributed by atoms with Gasteiger partial charge < -0.3 is 11.1 Å². The molecule has 1 heterocycles. The minimum atomic E-state index is -3.77. The molecule has 4 rings (SSSR count). The average Bonchev–Trinajstić information content (AvgIpc) is 3.38. The molecule has 34 heavy (non-hydrogen) atoms. The lowest BCUT2D eigenvalue weighted by Gasteiger charge is -2.26. The maximum absolute atomic E-state index is 13.3. The fourth-order valence-corrected chi connectivity index (χ4v) is 7.07. The fourth-order valence-electron chi connectivity index (χ4n) is 4.15. The Labute approximate surface area is 203 Å². The molecule has 1 aliphatic rings. The second-order valence-corrected chi connectivity index (χ2v) is 11.5. The molecule has 0 radical (unpaired) electrons. The summed E-state index contributed by atoms with van der Waals surface area (Å²) in [6.07, 6.45) is 2.63. The largest absolute Gasteiger partial charge is 0.365 e. The number of fused-ring (bicyclic) bond motifs is 1. The molecule has 0 fully saturated rings. The molecule has 7 nitrogen and oxygen atoms in total. The van der Waals surface area contributed by atoms with Crippen molar-refractivity contribution < 1.29 is 18.0 Å². The van der Waals surface area contributed by atoms with Gasteiger partial charge in [0.25, 0.3) is 11.8 Å². The maximum atomic E-state index is 13.3. The summed E-state index contributed by atoms with van der Waals surface area (Å²) in [6, 6.07) is 15.0. The molecule has 3 aromatic rings. The lowest BCUT2D eigenvalue weighted by Crippen LogP contribution is -2.36. The topological polar surface area (TPSA) is 110 Å². The normalized spacial score (nSPS) is 13.3. The lowest BCUT2D eigenvalue weighted by molar-refractivity contribution is 0.100. The van der Waals surface area contributed by atoms with Crippen LogP contribution in [0.1, 0.15) is 57.0 Å². The van der Waals surface area contributed by atoms with Gasteiger partial charge in [-0.25, -0.2) is 8.42 Å². The zero-order valence-corrected chi connectivity index (χ0v) is 20.7. The van der Waals surface area contributed by atoms with Crippen LogP contribution in [0.25, 0.3) is 0 Å². The van der Waals surface area contributed by atoms with E-state index < -0.39 is 21.8 Å². The molecule has 0 saturated carbocycles. The number of sulfonamides is 1. The van der Waals surface area contributed by atoms with Gasteiger partial charge in [0.1, 0.15) is 5.00 Å². The molecule has 1 aromatic heterocycles. The van der Waals surface area contributed by atoms with E-state index in [0.29, 0.717) is 16.1 Å². The molecule has 1 aliphatic carbocycles. The Morgan fingerprint density at radius 1 is 1.06 bits per heavy atom. The molecule has 9 heteroatoms. The SMILES string of the molecule is CC(C)N(Cc1ccccc1)S(=O)(=O)c1ccc(C(=O)Nc2sc3c(c2C(N)=O)CCC3)cc1. The highest BCUT2D eigenvalue weighted by atomic mass is 32.2. The molecule has 2 amide bonds. The van der Waals surface area contributed by atoms with Gasteiger partial charge in [-0.05, 0) is 68.5 Å². The van der Waals surface area contributed by atoms with Crippen LogP contribution in [0.5, 0.6) is 0 Å². The quantitative estimate of drug-likeness (QED) is 0.486. The molecule has 0 saturated heterocycles. The van der Waals surface area contributed by atoms with Gasteiger partial charge in [0.2, 0.25) is 10.0 Å². The van der Waals surface area contributed by atoms with E-state index in [1.807, 2.05) is 44.2 Å². The van der Waals surface area contributed by atoms with Crippen molar-refractivity contribution in [2.45, 2.75) is 50.6 Å². The molecule has 0 atom stereocenters. The second kappa shape index (κ2) is 9.69. The number of nitrogens with one attached hydrogen (secondary N) is 1. The number of carbonyl (C=O) groups excluding carboxylic acids is 2. The number of benzene rings is 2.